The van der Waals surface area contributed by atoms with Gasteiger partial charge in [0.15, 0.2) is 0 Å². The van der Waals surface area contributed by atoms with Crippen LogP contribution in [-0.2, 0) is 11.3 Å². The highest BCUT2D eigenvalue weighted by molar-refractivity contribution is 5.67. The van der Waals surface area contributed by atoms with E-state index in [-0.39, 0.29) is 12.1 Å². The van der Waals surface area contributed by atoms with Crippen LogP contribution in [0, 0.1) is 13.8 Å². The first kappa shape index (κ1) is 19.2. The number of carbonyl (C=O) groups excluding carboxylic acids is 1. The summed E-state index contributed by atoms with van der Waals surface area (Å²) >= 11 is 0. The summed E-state index contributed by atoms with van der Waals surface area (Å²) in [6, 6.07) is 13.8. The zero-order chi connectivity index (χ0) is 19.1. The summed E-state index contributed by atoms with van der Waals surface area (Å²) in [5.41, 5.74) is 2.88. The van der Waals surface area contributed by atoms with Gasteiger partial charge in [0.25, 0.3) is 0 Å². The number of hydrogen-bond acceptors (Lipinski definition) is 5. The second-order valence-corrected chi connectivity index (χ2v) is 6.81. The Bertz CT molecular complexity index is 752. The van der Waals surface area contributed by atoms with Gasteiger partial charge >= 0.3 is 6.09 Å². The quantitative estimate of drug-likeness (QED) is 0.848. The van der Waals surface area contributed by atoms with Crippen LogP contribution in [0.5, 0.6) is 5.75 Å². The number of ether oxygens (including phenoxy) is 2. The van der Waals surface area contributed by atoms with E-state index in [2.05, 4.69) is 10.3 Å². The molecule has 0 unspecified atom stereocenters. The Balaban J connectivity index is 1.42. The Morgan fingerprint density at radius 3 is 2.81 bits per heavy atom. The molecule has 1 aliphatic heterocycles. The Hall–Kier alpha value is -2.60. The van der Waals surface area contributed by atoms with E-state index in [4.69, 9.17) is 9.47 Å². The highest BCUT2D eigenvalue weighted by Crippen LogP contribution is 2.16. The molecular weight excluding hydrogens is 342 g/mol. The molecule has 1 aromatic heterocycles. The van der Waals surface area contributed by atoms with E-state index < -0.39 is 0 Å². The molecule has 1 fully saturated rings. The highest BCUT2D eigenvalue weighted by atomic mass is 16.6. The van der Waals surface area contributed by atoms with Crippen molar-refractivity contribution in [3.8, 4) is 5.75 Å². The summed E-state index contributed by atoms with van der Waals surface area (Å²) in [6.45, 7) is 6.84. The van der Waals surface area contributed by atoms with E-state index >= 15 is 0 Å². The summed E-state index contributed by atoms with van der Waals surface area (Å²) in [4.78, 5) is 18.5. The van der Waals surface area contributed by atoms with Crippen LogP contribution in [0.3, 0.4) is 0 Å². The lowest BCUT2D eigenvalue weighted by Crippen LogP contribution is -2.53. The number of aryl methyl sites for hydroxylation is 2. The third kappa shape index (κ3) is 5.69. The Morgan fingerprint density at radius 1 is 1.22 bits per heavy atom. The Kier molecular flexibility index (Phi) is 6.65. The topological polar surface area (TPSA) is 63.7 Å². The molecule has 0 saturated carbocycles. The maximum Gasteiger partial charge on any atom is 0.410 e. The molecule has 1 N–H and O–H groups in total. The summed E-state index contributed by atoms with van der Waals surface area (Å²) in [7, 11) is 0. The van der Waals surface area contributed by atoms with E-state index in [9.17, 15) is 4.79 Å². The first-order valence-electron chi connectivity index (χ1n) is 9.38. The predicted octanol–water partition coefficient (Wildman–Crippen LogP) is 3.08. The van der Waals surface area contributed by atoms with Crippen molar-refractivity contribution < 1.29 is 14.3 Å². The number of piperazine rings is 1. The van der Waals surface area contributed by atoms with Gasteiger partial charge in [-0.3, -0.25) is 4.98 Å². The molecule has 2 heterocycles. The number of rotatable bonds is 6. The van der Waals surface area contributed by atoms with Crippen molar-refractivity contribution in [2.45, 2.75) is 32.9 Å². The van der Waals surface area contributed by atoms with Gasteiger partial charge in [-0.05, 0) is 38.0 Å². The lowest BCUT2D eigenvalue weighted by Gasteiger charge is -2.33. The molecule has 2 aromatic rings. The first-order valence-corrected chi connectivity index (χ1v) is 9.38. The number of aromatic nitrogens is 1. The molecule has 6 heteroatoms. The number of hydrogen-bond donors (Lipinski definition) is 1. The van der Waals surface area contributed by atoms with Crippen LogP contribution in [-0.4, -0.2) is 48.3 Å². The van der Waals surface area contributed by atoms with Crippen molar-refractivity contribution >= 4 is 6.09 Å². The van der Waals surface area contributed by atoms with E-state index in [0.717, 1.165) is 35.7 Å². The van der Waals surface area contributed by atoms with Crippen molar-refractivity contribution in [3.63, 3.8) is 0 Å². The maximum absolute atomic E-state index is 12.3. The average Bonchev–Trinajstić information content (AvgIpc) is 2.69. The van der Waals surface area contributed by atoms with E-state index in [1.165, 1.54) is 0 Å². The minimum absolute atomic E-state index is 0.196. The molecule has 0 aliphatic carbocycles. The van der Waals surface area contributed by atoms with E-state index in [1.807, 2.05) is 56.3 Å². The van der Waals surface area contributed by atoms with Crippen LogP contribution in [0.25, 0.3) is 0 Å². The minimum atomic E-state index is -0.259. The molecule has 0 spiro atoms. The van der Waals surface area contributed by atoms with Gasteiger partial charge in [-0.15, -0.1) is 0 Å². The molecule has 6 nitrogen and oxygen atoms in total. The fourth-order valence-corrected chi connectivity index (χ4v) is 3.13. The van der Waals surface area contributed by atoms with Gasteiger partial charge < -0.3 is 19.7 Å². The van der Waals surface area contributed by atoms with Gasteiger partial charge in [0.2, 0.25) is 0 Å². The SMILES string of the molecule is Cc1ccc(OCC[C@@H]2CN(C(=O)OCc3ccccc3)CCN2)c(C)n1. The van der Waals surface area contributed by atoms with Crippen LogP contribution < -0.4 is 10.1 Å². The van der Waals surface area contributed by atoms with Gasteiger partial charge in [-0.1, -0.05) is 30.3 Å². The molecule has 27 heavy (non-hydrogen) atoms. The molecule has 0 radical (unpaired) electrons. The third-order valence-electron chi connectivity index (χ3n) is 4.62. The molecule has 1 saturated heterocycles. The Morgan fingerprint density at radius 2 is 2.04 bits per heavy atom. The molecule has 0 bridgehead atoms. The molecule has 1 atom stereocenters. The monoisotopic (exact) mass is 369 g/mol. The predicted molar refractivity (Wildman–Crippen MR) is 104 cm³/mol. The van der Waals surface area contributed by atoms with Crippen molar-refractivity contribution in [2.24, 2.45) is 0 Å². The molecule has 1 aromatic carbocycles. The summed E-state index contributed by atoms with van der Waals surface area (Å²) in [5, 5.41) is 3.44. The third-order valence-corrected chi connectivity index (χ3v) is 4.62. The molecule has 3 rings (SSSR count). The standard InChI is InChI=1S/C21H27N3O3/c1-16-8-9-20(17(2)23-16)26-13-10-19-14-24(12-11-22-19)21(25)27-15-18-6-4-3-5-7-18/h3-9,19,22H,10-15H2,1-2H3/t19-/m1/s1. The van der Waals surface area contributed by atoms with Gasteiger partial charge in [-0.25, -0.2) is 4.79 Å². The van der Waals surface area contributed by atoms with Crippen LogP contribution in [0.1, 0.15) is 23.4 Å². The van der Waals surface area contributed by atoms with E-state index in [1.54, 1.807) is 4.90 Å². The number of benzene rings is 1. The summed E-state index contributed by atoms with van der Waals surface area (Å²) in [5.74, 6) is 0.815. The van der Waals surface area contributed by atoms with Crippen molar-refractivity contribution in [1.29, 1.82) is 0 Å². The smallest absolute Gasteiger partial charge is 0.410 e. The maximum atomic E-state index is 12.3. The molecular formula is C21H27N3O3. The molecule has 1 aliphatic rings. The second-order valence-electron chi connectivity index (χ2n) is 6.81. The van der Waals surface area contributed by atoms with E-state index in [0.29, 0.717) is 26.3 Å². The van der Waals surface area contributed by atoms with Gasteiger partial charge in [0.1, 0.15) is 12.4 Å². The normalized spacial score (nSPS) is 16.8. The second kappa shape index (κ2) is 9.37. The van der Waals surface area contributed by atoms with Crippen LogP contribution in [0.15, 0.2) is 42.5 Å². The lowest BCUT2D eigenvalue weighted by atomic mass is 10.1. The van der Waals surface area contributed by atoms with Crippen LogP contribution in [0.4, 0.5) is 4.79 Å². The number of amides is 1. The largest absolute Gasteiger partial charge is 0.492 e. The van der Waals surface area contributed by atoms with Crippen LogP contribution in [0.2, 0.25) is 0 Å². The fraction of sp³-hybridized carbons (Fsp3) is 0.429. The summed E-state index contributed by atoms with van der Waals surface area (Å²) in [6.07, 6.45) is 0.556. The van der Waals surface area contributed by atoms with Crippen molar-refractivity contribution in [3.05, 3.63) is 59.4 Å². The average molecular weight is 369 g/mol. The number of nitrogens with one attached hydrogen (secondary N) is 1. The highest BCUT2D eigenvalue weighted by Gasteiger charge is 2.24. The van der Waals surface area contributed by atoms with Crippen LogP contribution >= 0.6 is 0 Å². The molecule has 144 valence electrons. The van der Waals surface area contributed by atoms with Gasteiger partial charge in [0.05, 0.1) is 12.3 Å². The van der Waals surface area contributed by atoms with Crippen molar-refractivity contribution in [2.75, 3.05) is 26.2 Å². The number of pyridine rings is 1. The van der Waals surface area contributed by atoms with Crippen molar-refractivity contribution in [1.82, 2.24) is 15.2 Å². The first-order chi connectivity index (χ1) is 13.1. The fourth-order valence-electron chi connectivity index (χ4n) is 3.13. The zero-order valence-corrected chi connectivity index (χ0v) is 16.0. The minimum Gasteiger partial charge on any atom is -0.492 e. The molecule has 1 amide bonds. The Labute approximate surface area is 160 Å². The lowest BCUT2D eigenvalue weighted by molar-refractivity contribution is 0.0827. The van der Waals surface area contributed by atoms with Gasteiger partial charge in [0, 0.05) is 31.4 Å². The number of carbonyl (C=O) groups is 1. The van der Waals surface area contributed by atoms with Gasteiger partial charge in [-0.2, -0.15) is 0 Å². The number of nitrogens with zero attached hydrogens (tertiary/aromatic N) is 2. The zero-order valence-electron chi connectivity index (χ0n) is 16.0. The summed E-state index contributed by atoms with van der Waals surface area (Å²) < 4.78 is 11.3.